The molecule has 0 saturated carbocycles. The molecule has 2 heterocycles. The van der Waals surface area contributed by atoms with Gasteiger partial charge in [-0.25, -0.2) is 0 Å². The molecule has 1 aliphatic rings. The number of hydrogen-bond acceptors (Lipinski definition) is 4. The van der Waals surface area contributed by atoms with Crippen molar-refractivity contribution in [3.63, 3.8) is 0 Å². The van der Waals surface area contributed by atoms with Gasteiger partial charge in [0, 0.05) is 12.4 Å². The van der Waals surface area contributed by atoms with Crippen molar-refractivity contribution in [3.8, 4) is 0 Å². The Hall–Kier alpha value is -1.36. The van der Waals surface area contributed by atoms with Crippen molar-refractivity contribution in [2.75, 3.05) is 6.61 Å². The molecule has 1 fully saturated rings. The molecule has 2 atom stereocenters. The number of rotatable bonds is 3. The Balaban J connectivity index is 2.06. The maximum atomic E-state index is 11.4. The standard InChI is InChI=1S/C9H13N3O2/c1-3-14-8(13)7-9(2,11-7)12-6-4-5-10-12/h4-7,11H,3H2,1-2H3/t7-,9-/m1/s1. The van der Waals surface area contributed by atoms with Gasteiger partial charge in [-0.2, -0.15) is 5.10 Å². The molecule has 5 nitrogen and oxygen atoms in total. The van der Waals surface area contributed by atoms with E-state index in [4.69, 9.17) is 4.74 Å². The fraction of sp³-hybridized carbons (Fsp3) is 0.556. The van der Waals surface area contributed by atoms with E-state index in [0.717, 1.165) is 0 Å². The first-order valence-electron chi connectivity index (χ1n) is 4.63. The van der Waals surface area contributed by atoms with E-state index in [1.54, 1.807) is 17.8 Å². The van der Waals surface area contributed by atoms with Gasteiger partial charge in [0.1, 0.15) is 11.7 Å². The lowest BCUT2D eigenvalue weighted by Gasteiger charge is -2.08. The molecule has 5 heteroatoms. The molecule has 1 aliphatic heterocycles. The van der Waals surface area contributed by atoms with E-state index >= 15 is 0 Å². The Morgan fingerprint density at radius 1 is 1.79 bits per heavy atom. The normalized spacial score (nSPS) is 30.0. The predicted octanol–water partition coefficient (Wildman–Crippen LogP) is 0.0907. The van der Waals surface area contributed by atoms with Crippen molar-refractivity contribution in [2.24, 2.45) is 0 Å². The molecule has 1 saturated heterocycles. The first-order chi connectivity index (χ1) is 6.68. The highest BCUT2D eigenvalue weighted by molar-refractivity contribution is 5.80. The van der Waals surface area contributed by atoms with E-state index in [9.17, 15) is 4.79 Å². The minimum atomic E-state index is -0.407. The van der Waals surface area contributed by atoms with Gasteiger partial charge in [0.15, 0.2) is 0 Å². The number of aromatic nitrogens is 2. The first kappa shape index (κ1) is 9.21. The molecular weight excluding hydrogens is 182 g/mol. The monoisotopic (exact) mass is 195 g/mol. The molecule has 1 aromatic heterocycles. The SMILES string of the molecule is CCOC(=O)[C@H]1N[C@]1(C)n1cccn1. The van der Waals surface area contributed by atoms with E-state index in [1.807, 2.05) is 19.2 Å². The molecular formula is C9H13N3O2. The Bertz CT molecular complexity index is 336. The van der Waals surface area contributed by atoms with Crippen LogP contribution in [0.5, 0.6) is 0 Å². The lowest BCUT2D eigenvalue weighted by molar-refractivity contribution is -0.143. The Morgan fingerprint density at radius 3 is 3.14 bits per heavy atom. The van der Waals surface area contributed by atoms with Gasteiger partial charge in [0.2, 0.25) is 0 Å². The number of esters is 1. The topological polar surface area (TPSA) is 66.1 Å². The number of carbonyl (C=O) groups is 1. The van der Waals surface area contributed by atoms with Crippen LogP contribution in [0.25, 0.3) is 0 Å². The van der Waals surface area contributed by atoms with Crippen LogP contribution in [0.4, 0.5) is 0 Å². The zero-order valence-electron chi connectivity index (χ0n) is 8.23. The van der Waals surface area contributed by atoms with Gasteiger partial charge in [-0.3, -0.25) is 14.8 Å². The lowest BCUT2D eigenvalue weighted by Crippen LogP contribution is -2.24. The van der Waals surface area contributed by atoms with Crippen LogP contribution in [0.15, 0.2) is 18.5 Å². The molecule has 2 rings (SSSR count). The third kappa shape index (κ3) is 1.29. The molecule has 14 heavy (non-hydrogen) atoms. The summed E-state index contributed by atoms with van der Waals surface area (Å²) in [6.45, 7) is 4.12. The molecule has 1 N–H and O–H groups in total. The van der Waals surface area contributed by atoms with Crippen LogP contribution in [-0.2, 0) is 15.2 Å². The van der Waals surface area contributed by atoms with Gasteiger partial charge in [-0.1, -0.05) is 0 Å². The second-order valence-electron chi connectivity index (χ2n) is 3.43. The zero-order valence-corrected chi connectivity index (χ0v) is 8.23. The summed E-state index contributed by atoms with van der Waals surface area (Å²) in [4.78, 5) is 11.4. The average molecular weight is 195 g/mol. The molecule has 0 amide bonds. The fourth-order valence-electron chi connectivity index (χ4n) is 1.51. The molecule has 0 aromatic carbocycles. The van der Waals surface area contributed by atoms with Crippen molar-refractivity contribution in [3.05, 3.63) is 18.5 Å². The third-order valence-corrected chi connectivity index (χ3v) is 2.42. The smallest absolute Gasteiger partial charge is 0.327 e. The number of nitrogens with zero attached hydrogens (tertiary/aromatic N) is 2. The number of carbonyl (C=O) groups excluding carboxylic acids is 1. The molecule has 0 radical (unpaired) electrons. The lowest BCUT2D eigenvalue weighted by atomic mass is 10.2. The van der Waals surface area contributed by atoms with Crippen LogP contribution in [-0.4, -0.2) is 28.4 Å². The van der Waals surface area contributed by atoms with Crippen molar-refractivity contribution in [1.82, 2.24) is 15.1 Å². The van der Waals surface area contributed by atoms with Gasteiger partial charge in [0.25, 0.3) is 0 Å². The summed E-state index contributed by atoms with van der Waals surface area (Å²) in [6.07, 6.45) is 3.51. The van der Waals surface area contributed by atoms with E-state index < -0.39 is 5.66 Å². The third-order valence-electron chi connectivity index (χ3n) is 2.42. The number of ether oxygens (including phenoxy) is 1. The van der Waals surface area contributed by atoms with Crippen LogP contribution in [0.1, 0.15) is 13.8 Å². The van der Waals surface area contributed by atoms with Gasteiger partial charge in [0.05, 0.1) is 6.61 Å². The highest BCUT2D eigenvalue weighted by Gasteiger charge is 2.57. The van der Waals surface area contributed by atoms with Gasteiger partial charge < -0.3 is 4.74 Å². The zero-order chi connectivity index (χ0) is 10.2. The quantitative estimate of drug-likeness (QED) is 0.548. The molecule has 1 aromatic rings. The highest BCUT2D eigenvalue weighted by atomic mass is 16.5. The predicted molar refractivity (Wildman–Crippen MR) is 49.4 cm³/mol. The summed E-state index contributed by atoms with van der Waals surface area (Å²) in [7, 11) is 0. The maximum Gasteiger partial charge on any atom is 0.327 e. The van der Waals surface area contributed by atoms with Gasteiger partial charge in [-0.05, 0) is 19.9 Å². The van der Waals surface area contributed by atoms with Crippen LogP contribution in [0, 0.1) is 0 Å². The maximum absolute atomic E-state index is 11.4. The molecule has 0 spiro atoms. The first-order valence-corrected chi connectivity index (χ1v) is 4.63. The van der Waals surface area contributed by atoms with Crippen LogP contribution >= 0.6 is 0 Å². The minimum absolute atomic E-state index is 0.217. The summed E-state index contributed by atoms with van der Waals surface area (Å²) in [5.41, 5.74) is -0.407. The Morgan fingerprint density at radius 2 is 2.57 bits per heavy atom. The Kier molecular flexibility index (Phi) is 2.03. The van der Waals surface area contributed by atoms with Crippen LogP contribution < -0.4 is 5.32 Å². The van der Waals surface area contributed by atoms with Crippen molar-refractivity contribution >= 4 is 5.97 Å². The minimum Gasteiger partial charge on any atom is -0.465 e. The molecule has 0 bridgehead atoms. The molecule has 76 valence electrons. The highest BCUT2D eigenvalue weighted by Crippen LogP contribution is 2.31. The van der Waals surface area contributed by atoms with E-state index in [1.165, 1.54) is 0 Å². The largest absolute Gasteiger partial charge is 0.465 e. The summed E-state index contributed by atoms with van der Waals surface area (Å²) < 4.78 is 6.65. The second kappa shape index (κ2) is 3.09. The fourth-order valence-corrected chi connectivity index (χ4v) is 1.51. The van der Waals surface area contributed by atoms with Gasteiger partial charge in [-0.15, -0.1) is 0 Å². The average Bonchev–Trinajstić information content (AvgIpc) is 2.67. The number of nitrogens with one attached hydrogen (secondary N) is 1. The number of hydrogen-bond donors (Lipinski definition) is 1. The summed E-state index contributed by atoms with van der Waals surface area (Å²) in [6, 6.07) is 1.55. The van der Waals surface area contributed by atoms with Crippen LogP contribution in [0.2, 0.25) is 0 Å². The van der Waals surface area contributed by atoms with Crippen LogP contribution in [0.3, 0.4) is 0 Å². The van der Waals surface area contributed by atoms with E-state index in [2.05, 4.69) is 10.4 Å². The van der Waals surface area contributed by atoms with Crippen molar-refractivity contribution in [1.29, 1.82) is 0 Å². The van der Waals surface area contributed by atoms with Crippen molar-refractivity contribution < 1.29 is 9.53 Å². The van der Waals surface area contributed by atoms with E-state index in [-0.39, 0.29) is 12.0 Å². The molecule has 0 aliphatic carbocycles. The summed E-state index contributed by atoms with van der Waals surface area (Å²) in [5.74, 6) is -0.217. The van der Waals surface area contributed by atoms with E-state index in [0.29, 0.717) is 6.61 Å². The van der Waals surface area contributed by atoms with Gasteiger partial charge >= 0.3 is 5.97 Å². The van der Waals surface area contributed by atoms with Crippen molar-refractivity contribution in [2.45, 2.75) is 25.6 Å². The summed E-state index contributed by atoms with van der Waals surface area (Å²) >= 11 is 0. The molecule has 0 unspecified atom stereocenters. The second-order valence-corrected chi connectivity index (χ2v) is 3.43. The summed E-state index contributed by atoms with van der Waals surface area (Å²) in [5, 5.41) is 7.15. The Labute approximate surface area is 82.0 Å².